The number of hydrogen-bond acceptors (Lipinski definition) is 1. The highest BCUT2D eigenvalue weighted by Gasteiger charge is 2.02. The van der Waals surface area contributed by atoms with Gasteiger partial charge in [-0.1, -0.05) is 67.9 Å². The Morgan fingerprint density at radius 1 is 0.950 bits per heavy atom. The van der Waals surface area contributed by atoms with Crippen molar-refractivity contribution in [3.05, 3.63) is 60.2 Å². The molecule has 0 saturated heterocycles. The largest absolute Gasteiger partial charge is 0.326 e. The molecule has 2 rings (SSSR count). The van der Waals surface area contributed by atoms with Crippen LogP contribution in [-0.2, 0) is 11.0 Å². The molecule has 0 amide bonds. The monoisotopic (exact) mass is 292 g/mol. The highest BCUT2D eigenvalue weighted by Crippen LogP contribution is 2.24. The van der Waals surface area contributed by atoms with Crippen LogP contribution in [-0.4, -0.2) is 9.79 Å². The van der Waals surface area contributed by atoms with E-state index in [9.17, 15) is 0 Å². The smallest absolute Gasteiger partial charge is 0.314 e. The van der Waals surface area contributed by atoms with Gasteiger partial charge in [0.1, 0.15) is 0 Å². The second kappa shape index (κ2) is 9.49. The van der Waals surface area contributed by atoms with E-state index in [-0.39, 0.29) is 0 Å². The quantitative estimate of drug-likeness (QED) is 0.836. The van der Waals surface area contributed by atoms with Gasteiger partial charge in [0.05, 0.1) is 0 Å². The second-order valence-electron chi connectivity index (χ2n) is 4.41. The van der Waals surface area contributed by atoms with E-state index >= 15 is 0 Å². The van der Waals surface area contributed by atoms with E-state index in [1.807, 2.05) is 0 Å². The molecule has 2 N–H and O–H groups in total. The van der Waals surface area contributed by atoms with Gasteiger partial charge in [-0.25, -0.2) is 0 Å². The predicted molar refractivity (Wildman–Crippen MR) is 83.9 cm³/mol. The molecule has 0 radical (unpaired) electrons. The van der Waals surface area contributed by atoms with Crippen LogP contribution in [0.1, 0.15) is 25.3 Å². The first-order valence-corrected chi connectivity index (χ1v) is 8.00. The molecule has 0 heterocycles. The van der Waals surface area contributed by atoms with Crippen molar-refractivity contribution in [1.29, 1.82) is 0 Å². The van der Waals surface area contributed by atoms with Crippen molar-refractivity contribution in [2.75, 3.05) is 0 Å². The van der Waals surface area contributed by atoms with Gasteiger partial charge < -0.3 is 9.79 Å². The molecule has 108 valence electrons. The van der Waals surface area contributed by atoms with Crippen LogP contribution in [0, 0.1) is 0 Å². The summed E-state index contributed by atoms with van der Waals surface area (Å²) in [6.45, 7) is 2.24. The first-order valence-electron chi connectivity index (χ1n) is 6.70. The van der Waals surface area contributed by atoms with E-state index in [0.717, 1.165) is 0 Å². The predicted octanol–water partition coefficient (Wildman–Crippen LogP) is 4.06. The Balaban J connectivity index is 0.000000444. The van der Waals surface area contributed by atoms with Crippen LogP contribution >= 0.6 is 8.25 Å². The van der Waals surface area contributed by atoms with Gasteiger partial charge in [0.15, 0.2) is 0 Å². The van der Waals surface area contributed by atoms with E-state index in [2.05, 4.69) is 61.5 Å². The Kier molecular flexibility index (Phi) is 7.89. The van der Waals surface area contributed by atoms with Crippen LogP contribution in [0.3, 0.4) is 0 Å². The number of benzene rings is 2. The van der Waals surface area contributed by atoms with Crippen LogP contribution in [0.4, 0.5) is 0 Å². The van der Waals surface area contributed by atoms with Gasteiger partial charge in [0, 0.05) is 0 Å². The van der Waals surface area contributed by atoms with Crippen molar-refractivity contribution >= 4 is 8.25 Å². The molecule has 0 aliphatic heterocycles. The Hall–Kier alpha value is -1.41. The zero-order valence-electron chi connectivity index (χ0n) is 11.6. The highest BCUT2D eigenvalue weighted by atomic mass is 31.1. The van der Waals surface area contributed by atoms with Crippen LogP contribution < -0.4 is 0 Å². The van der Waals surface area contributed by atoms with E-state index in [4.69, 9.17) is 14.4 Å². The van der Waals surface area contributed by atoms with Gasteiger partial charge in [0.2, 0.25) is 0 Å². The first-order chi connectivity index (χ1) is 9.65. The Morgan fingerprint density at radius 2 is 1.50 bits per heavy atom. The normalized spacial score (nSPS) is 10.0. The summed E-state index contributed by atoms with van der Waals surface area (Å²) in [6, 6.07) is 19.4. The fraction of sp³-hybridized carbons (Fsp3) is 0.250. The minimum atomic E-state index is -3.13. The molecular formula is C16H21O3P. The summed E-state index contributed by atoms with van der Waals surface area (Å²) in [6.07, 6.45) is 3.70. The van der Waals surface area contributed by atoms with Gasteiger partial charge in [-0.15, -0.1) is 0 Å². The number of unbranched alkanes of at least 4 members (excludes halogenated alkanes) is 1. The molecular weight excluding hydrogens is 271 g/mol. The molecule has 3 nitrogen and oxygen atoms in total. The summed E-state index contributed by atoms with van der Waals surface area (Å²) >= 11 is 0. The number of rotatable bonds is 4. The minimum Gasteiger partial charge on any atom is -0.326 e. The molecule has 20 heavy (non-hydrogen) atoms. The minimum absolute atomic E-state index is 1.18. The van der Waals surface area contributed by atoms with E-state index in [0.29, 0.717) is 0 Å². The van der Waals surface area contributed by atoms with Crippen LogP contribution in [0.25, 0.3) is 11.1 Å². The van der Waals surface area contributed by atoms with Gasteiger partial charge in [-0.05, 0) is 29.5 Å². The molecule has 4 heteroatoms. The second-order valence-corrected chi connectivity index (χ2v) is 4.97. The zero-order valence-corrected chi connectivity index (χ0v) is 12.6. The van der Waals surface area contributed by atoms with E-state index in [1.54, 1.807) is 0 Å². The summed E-state index contributed by atoms with van der Waals surface area (Å²) < 4.78 is 8.74. The maximum atomic E-state index is 8.74. The van der Waals surface area contributed by atoms with Crippen LogP contribution in [0.15, 0.2) is 54.6 Å². The summed E-state index contributed by atoms with van der Waals surface area (Å²) in [4.78, 5) is 14.3. The molecule has 2 aromatic rings. The number of aryl methyl sites for hydroxylation is 1. The zero-order chi connectivity index (χ0) is 14.8. The maximum absolute atomic E-state index is 8.74. The van der Waals surface area contributed by atoms with E-state index in [1.165, 1.54) is 36.0 Å². The van der Waals surface area contributed by atoms with Crippen LogP contribution in [0.2, 0.25) is 0 Å². The molecule has 0 atom stereocenters. The van der Waals surface area contributed by atoms with Crippen molar-refractivity contribution in [3.8, 4) is 11.1 Å². The Morgan fingerprint density at radius 3 is 2.10 bits per heavy atom. The third-order valence-electron chi connectivity index (χ3n) is 2.90. The van der Waals surface area contributed by atoms with Crippen molar-refractivity contribution in [2.24, 2.45) is 0 Å². The standard InChI is InChI=1S/C16H18.H3O3P/c1-2-3-9-14-12-7-8-13-16(14)15-10-5-4-6-11-15;1-4(2)3/h4-8,10-13H,2-3,9H2,1H3;4H,(H2,1,2,3). The molecule has 0 spiro atoms. The average Bonchev–Trinajstić information content (AvgIpc) is 2.46. The van der Waals surface area contributed by atoms with Crippen molar-refractivity contribution < 1.29 is 14.4 Å². The third-order valence-corrected chi connectivity index (χ3v) is 2.90. The third kappa shape index (κ3) is 6.16. The summed E-state index contributed by atoms with van der Waals surface area (Å²) in [5.74, 6) is 0. The maximum Gasteiger partial charge on any atom is 0.314 e. The highest BCUT2D eigenvalue weighted by molar-refractivity contribution is 7.30. The molecule has 0 unspecified atom stereocenters. The lowest BCUT2D eigenvalue weighted by atomic mass is 9.96. The molecule has 2 aromatic carbocycles. The molecule has 0 aliphatic carbocycles. The summed E-state index contributed by atoms with van der Waals surface area (Å²) in [7, 11) is -3.13. The van der Waals surface area contributed by atoms with E-state index < -0.39 is 8.25 Å². The van der Waals surface area contributed by atoms with Gasteiger partial charge >= 0.3 is 8.25 Å². The lowest BCUT2D eigenvalue weighted by molar-refractivity contribution is 0.405. The summed E-state index contributed by atoms with van der Waals surface area (Å²) in [5.41, 5.74) is 4.18. The van der Waals surface area contributed by atoms with Crippen LogP contribution in [0.5, 0.6) is 0 Å². The topological polar surface area (TPSA) is 57.5 Å². The lowest BCUT2D eigenvalue weighted by Crippen LogP contribution is -1.89. The number of hydrogen-bond donors (Lipinski definition) is 2. The van der Waals surface area contributed by atoms with Crippen molar-refractivity contribution in [3.63, 3.8) is 0 Å². The van der Waals surface area contributed by atoms with Crippen molar-refractivity contribution in [1.82, 2.24) is 0 Å². The fourth-order valence-corrected chi connectivity index (χ4v) is 2.00. The molecule has 0 fully saturated rings. The SMILES string of the molecule is CCCCc1ccccc1-c1ccccc1.O=[PH](O)O. The molecule has 0 bridgehead atoms. The lowest BCUT2D eigenvalue weighted by Gasteiger charge is -2.08. The Labute approximate surface area is 120 Å². The summed E-state index contributed by atoms with van der Waals surface area (Å²) in [5, 5.41) is 0. The first kappa shape index (κ1) is 16.6. The average molecular weight is 292 g/mol. The van der Waals surface area contributed by atoms with Gasteiger partial charge in [0.25, 0.3) is 0 Å². The fourth-order valence-electron chi connectivity index (χ4n) is 2.00. The van der Waals surface area contributed by atoms with Gasteiger partial charge in [-0.3, -0.25) is 4.57 Å². The van der Waals surface area contributed by atoms with Gasteiger partial charge in [-0.2, -0.15) is 0 Å². The Bertz CT molecular complexity index is 522. The molecule has 0 aliphatic rings. The molecule has 0 aromatic heterocycles. The van der Waals surface area contributed by atoms with Crippen molar-refractivity contribution in [2.45, 2.75) is 26.2 Å². The molecule has 0 saturated carbocycles.